The number of rotatable bonds is 6. The molecule has 7 nitrogen and oxygen atoms in total. The van der Waals surface area contributed by atoms with Crippen LogP contribution in [0.15, 0.2) is 66.7 Å². The molecule has 8 heteroatoms. The number of para-hydroxylation sites is 1. The lowest BCUT2D eigenvalue weighted by molar-refractivity contribution is 0.102. The second-order valence-corrected chi connectivity index (χ2v) is 8.56. The van der Waals surface area contributed by atoms with Crippen LogP contribution in [0.2, 0.25) is 0 Å². The summed E-state index contributed by atoms with van der Waals surface area (Å²) in [6.45, 7) is 2.01. The Morgan fingerprint density at radius 1 is 1.15 bits per heavy atom. The molecule has 1 amide bonds. The lowest BCUT2D eigenvalue weighted by Crippen LogP contribution is -2.38. The summed E-state index contributed by atoms with van der Waals surface area (Å²) in [5.74, 6) is 0.605. The number of amides is 1. The highest BCUT2D eigenvalue weighted by atomic mass is 19.1. The van der Waals surface area contributed by atoms with E-state index in [1.54, 1.807) is 30.3 Å². The number of ether oxygens (including phenoxy) is 1. The van der Waals surface area contributed by atoms with Gasteiger partial charge in [0.1, 0.15) is 17.7 Å². The SMILES string of the molecule is CN1CCC[C@H](Oc2ccc(C(=O)Nc3n[nH]c4cc(Nc5ccccc5F)ccc34)cc2)C1. The molecule has 1 aromatic heterocycles. The molecule has 0 aliphatic carbocycles. The van der Waals surface area contributed by atoms with Gasteiger partial charge in [0.05, 0.1) is 11.2 Å². The molecule has 0 spiro atoms. The number of nitrogens with zero attached hydrogens (tertiary/aromatic N) is 2. The molecule has 174 valence electrons. The van der Waals surface area contributed by atoms with E-state index < -0.39 is 0 Å². The highest BCUT2D eigenvalue weighted by Gasteiger charge is 2.19. The van der Waals surface area contributed by atoms with Crippen LogP contribution in [0.3, 0.4) is 0 Å². The number of likely N-dealkylation sites (N-methyl/N-ethyl adjacent to an activating group) is 1. The molecule has 2 heterocycles. The molecule has 4 aromatic rings. The minimum atomic E-state index is -0.331. The van der Waals surface area contributed by atoms with Gasteiger partial charge in [-0.2, -0.15) is 5.10 Å². The molecule has 0 unspecified atom stereocenters. The summed E-state index contributed by atoms with van der Waals surface area (Å²) in [4.78, 5) is 15.0. The number of halogens is 1. The summed E-state index contributed by atoms with van der Waals surface area (Å²) in [6.07, 6.45) is 2.34. The number of fused-ring (bicyclic) bond motifs is 1. The fourth-order valence-corrected chi connectivity index (χ4v) is 4.18. The Bertz CT molecular complexity index is 1300. The number of hydrogen-bond donors (Lipinski definition) is 3. The third-order valence-corrected chi connectivity index (χ3v) is 5.95. The third-order valence-electron chi connectivity index (χ3n) is 5.95. The summed E-state index contributed by atoms with van der Waals surface area (Å²) in [6, 6.07) is 19.1. The van der Waals surface area contributed by atoms with Crippen molar-refractivity contribution < 1.29 is 13.9 Å². The monoisotopic (exact) mass is 459 g/mol. The van der Waals surface area contributed by atoms with E-state index in [0.29, 0.717) is 22.8 Å². The van der Waals surface area contributed by atoms with Gasteiger partial charge in [0.25, 0.3) is 5.91 Å². The maximum atomic E-state index is 13.9. The lowest BCUT2D eigenvalue weighted by Gasteiger charge is -2.30. The van der Waals surface area contributed by atoms with Gasteiger partial charge in [-0.3, -0.25) is 9.89 Å². The second kappa shape index (κ2) is 9.52. The lowest BCUT2D eigenvalue weighted by atomic mass is 10.1. The number of anilines is 3. The van der Waals surface area contributed by atoms with E-state index >= 15 is 0 Å². The van der Waals surface area contributed by atoms with Crippen molar-refractivity contribution in [2.75, 3.05) is 30.8 Å². The van der Waals surface area contributed by atoms with E-state index in [1.165, 1.54) is 6.07 Å². The topological polar surface area (TPSA) is 82.3 Å². The first-order valence-electron chi connectivity index (χ1n) is 11.3. The van der Waals surface area contributed by atoms with E-state index in [2.05, 4.69) is 32.8 Å². The predicted molar refractivity (Wildman–Crippen MR) is 131 cm³/mol. The number of aromatic nitrogens is 2. The molecule has 1 atom stereocenters. The van der Waals surface area contributed by atoms with Crippen LogP contribution in [0.1, 0.15) is 23.2 Å². The van der Waals surface area contributed by atoms with Gasteiger partial charge in [-0.1, -0.05) is 12.1 Å². The first-order chi connectivity index (χ1) is 16.5. The maximum absolute atomic E-state index is 13.9. The summed E-state index contributed by atoms with van der Waals surface area (Å²) in [7, 11) is 2.10. The Kier molecular flexibility index (Phi) is 6.14. The molecule has 3 aromatic carbocycles. The van der Waals surface area contributed by atoms with Crippen LogP contribution in [0, 0.1) is 5.82 Å². The largest absolute Gasteiger partial charge is 0.489 e. The Labute approximate surface area is 196 Å². The highest BCUT2D eigenvalue weighted by molar-refractivity contribution is 6.08. The van der Waals surface area contributed by atoms with Gasteiger partial charge in [-0.15, -0.1) is 0 Å². The number of carbonyl (C=O) groups excluding carboxylic acids is 1. The highest BCUT2D eigenvalue weighted by Crippen LogP contribution is 2.27. The summed E-state index contributed by atoms with van der Waals surface area (Å²) in [5, 5.41) is 13.8. The molecule has 1 aliphatic heterocycles. The van der Waals surface area contributed by atoms with E-state index in [-0.39, 0.29) is 17.8 Å². The standard InChI is InChI=1S/C26H26FN5O2/c1-32-14-4-5-20(16-32)34-19-11-8-17(9-12-19)26(33)29-25-21-13-10-18(15-24(21)30-31-25)28-23-7-3-2-6-22(23)27/h2-3,6-13,15,20,28H,4-5,14,16H2,1H3,(H2,29,30,31,33)/t20-/m0/s1. The molecule has 3 N–H and O–H groups in total. The van der Waals surface area contributed by atoms with Crippen LogP contribution in [-0.4, -0.2) is 47.2 Å². The van der Waals surface area contributed by atoms with Crippen molar-refractivity contribution >= 4 is 34.0 Å². The van der Waals surface area contributed by atoms with Crippen LogP contribution in [0.5, 0.6) is 5.75 Å². The average Bonchev–Trinajstić information content (AvgIpc) is 3.23. The minimum absolute atomic E-state index is 0.173. The third kappa shape index (κ3) is 4.87. The van der Waals surface area contributed by atoms with Crippen molar-refractivity contribution in [3.05, 3.63) is 78.1 Å². The van der Waals surface area contributed by atoms with Crippen molar-refractivity contribution in [3.8, 4) is 5.75 Å². The van der Waals surface area contributed by atoms with Crippen molar-refractivity contribution in [2.45, 2.75) is 18.9 Å². The molecule has 0 radical (unpaired) electrons. The summed E-state index contributed by atoms with van der Waals surface area (Å²) >= 11 is 0. The number of piperidine rings is 1. The molecular weight excluding hydrogens is 433 g/mol. The molecule has 1 saturated heterocycles. The van der Waals surface area contributed by atoms with E-state index in [9.17, 15) is 9.18 Å². The van der Waals surface area contributed by atoms with E-state index in [0.717, 1.165) is 42.6 Å². The van der Waals surface area contributed by atoms with E-state index in [4.69, 9.17) is 4.74 Å². The zero-order chi connectivity index (χ0) is 23.5. The molecule has 0 bridgehead atoms. The number of hydrogen-bond acceptors (Lipinski definition) is 5. The van der Waals surface area contributed by atoms with Crippen molar-refractivity contribution in [3.63, 3.8) is 0 Å². The first-order valence-corrected chi connectivity index (χ1v) is 11.3. The number of carbonyl (C=O) groups is 1. The number of aromatic amines is 1. The normalized spacial score (nSPS) is 16.4. The fourth-order valence-electron chi connectivity index (χ4n) is 4.18. The maximum Gasteiger partial charge on any atom is 0.256 e. The van der Waals surface area contributed by atoms with Gasteiger partial charge in [-0.25, -0.2) is 4.39 Å². The van der Waals surface area contributed by atoms with Gasteiger partial charge in [0.2, 0.25) is 0 Å². The Hall–Kier alpha value is -3.91. The molecular formula is C26H26FN5O2. The number of likely N-dealkylation sites (tertiary alicyclic amines) is 1. The fraction of sp³-hybridized carbons (Fsp3) is 0.231. The van der Waals surface area contributed by atoms with Gasteiger partial charge in [0.15, 0.2) is 5.82 Å². The summed E-state index contributed by atoms with van der Waals surface area (Å²) in [5.41, 5.74) is 2.33. The van der Waals surface area contributed by atoms with Crippen molar-refractivity contribution in [1.29, 1.82) is 0 Å². The van der Waals surface area contributed by atoms with Gasteiger partial charge in [-0.05, 0) is 81.0 Å². The minimum Gasteiger partial charge on any atom is -0.489 e. The van der Waals surface area contributed by atoms with Crippen LogP contribution < -0.4 is 15.4 Å². The zero-order valence-electron chi connectivity index (χ0n) is 18.8. The zero-order valence-corrected chi connectivity index (χ0v) is 18.8. The summed E-state index contributed by atoms with van der Waals surface area (Å²) < 4.78 is 20.0. The van der Waals surface area contributed by atoms with E-state index in [1.807, 2.05) is 30.3 Å². The van der Waals surface area contributed by atoms with Crippen LogP contribution >= 0.6 is 0 Å². The predicted octanol–water partition coefficient (Wildman–Crippen LogP) is 5.17. The van der Waals surface area contributed by atoms with Crippen molar-refractivity contribution in [2.24, 2.45) is 0 Å². The smallest absolute Gasteiger partial charge is 0.256 e. The molecule has 1 aliphatic rings. The Morgan fingerprint density at radius 3 is 2.76 bits per heavy atom. The molecule has 34 heavy (non-hydrogen) atoms. The van der Waals surface area contributed by atoms with Gasteiger partial charge >= 0.3 is 0 Å². The first kappa shape index (κ1) is 21.9. The Balaban J connectivity index is 1.25. The molecule has 5 rings (SSSR count). The van der Waals surface area contributed by atoms with Crippen LogP contribution in [-0.2, 0) is 0 Å². The number of nitrogens with one attached hydrogen (secondary N) is 3. The Morgan fingerprint density at radius 2 is 1.97 bits per heavy atom. The van der Waals surface area contributed by atoms with Crippen LogP contribution in [0.4, 0.5) is 21.6 Å². The second-order valence-electron chi connectivity index (χ2n) is 8.56. The van der Waals surface area contributed by atoms with Crippen molar-refractivity contribution in [1.82, 2.24) is 15.1 Å². The number of benzene rings is 3. The number of H-pyrrole nitrogens is 1. The molecule has 0 saturated carbocycles. The quantitative estimate of drug-likeness (QED) is 0.371. The average molecular weight is 460 g/mol. The molecule has 1 fully saturated rings. The van der Waals surface area contributed by atoms with Gasteiger partial charge < -0.3 is 20.3 Å². The van der Waals surface area contributed by atoms with Crippen LogP contribution in [0.25, 0.3) is 10.9 Å². The van der Waals surface area contributed by atoms with Gasteiger partial charge in [0, 0.05) is 23.2 Å².